The third-order valence-electron chi connectivity index (χ3n) is 6.73. The molecule has 37 heavy (non-hydrogen) atoms. The third-order valence-corrected chi connectivity index (χ3v) is 7.39. The Labute approximate surface area is 227 Å². The minimum atomic E-state index is -0.486. The van der Waals surface area contributed by atoms with E-state index in [2.05, 4.69) is 6.92 Å². The number of hydrogen-bond acceptors (Lipinski definition) is 3. The summed E-state index contributed by atoms with van der Waals surface area (Å²) in [5, 5.41) is 1.64. The Hall–Kier alpha value is -3.15. The standard InChI is InChI=1S/C30H31Cl2N3O2/c1-4-5-6-9-19-34(29(36)22-15-17-23(31)18-16-22)21(3)28-33-26-13-8-7-11-24(26)30(37)35(28)27-14-10-12-25(32)20(27)2/h7-8,10-18,21H,4-6,9,19H2,1-3H3. The van der Waals surface area contributed by atoms with Gasteiger partial charge in [-0.25, -0.2) is 4.98 Å². The Balaban J connectivity index is 1.89. The lowest BCUT2D eigenvalue weighted by Gasteiger charge is -2.31. The van der Waals surface area contributed by atoms with E-state index >= 15 is 0 Å². The summed E-state index contributed by atoms with van der Waals surface area (Å²) < 4.78 is 1.61. The van der Waals surface area contributed by atoms with E-state index in [-0.39, 0.29) is 11.5 Å². The van der Waals surface area contributed by atoms with Gasteiger partial charge in [0.2, 0.25) is 0 Å². The normalized spacial score (nSPS) is 12.0. The highest BCUT2D eigenvalue weighted by atomic mass is 35.5. The summed E-state index contributed by atoms with van der Waals surface area (Å²) in [6, 6.07) is 19.2. The van der Waals surface area contributed by atoms with E-state index < -0.39 is 6.04 Å². The van der Waals surface area contributed by atoms with Crippen LogP contribution < -0.4 is 5.56 Å². The molecule has 3 aromatic carbocycles. The minimum Gasteiger partial charge on any atom is -0.329 e. The molecular formula is C30H31Cl2N3O2. The van der Waals surface area contributed by atoms with Crippen molar-refractivity contribution in [3.8, 4) is 5.69 Å². The third kappa shape index (κ3) is 5.73. The van der Waals surface area contributed by atoms with Crippen molar-refractivity contribution < 1.29 is 4.79 Å². The van der Waals surface area contributed by atoms with Crippen LogP contribution in [0.15, 0.2) is 71.5 Å². The van der Waals surface area contributed by atoms with Gasteiger partial charge in [0, 0.05) is 22.2 Å². The second-order valence-corrected chi connectivity index (χ2v) is 10.1. The number of aromatic nitrogens is 2. The van der Waals surface area contributed by atoms with E-state index in [4.69, 9.17) is 28.2 Å². The summed E-state index contributed by atoms with van der Waals surface area (Å²) in [5.41, 5.74) is 2.37. The van der Waals surface area contributed by atoms with Crippen LogP contribution in [-0.4, -0.2) is 26.9 Å². The van der Waals surface area contributed by atoms with Crippen molar-refractivity contribution in [2.45, 2.75) is 52.5 Å². The molecule has 0 aliphatic heterocycles. The molecule has 0 aliphatic carbocycles. The Bertz CT molecular complexity index is 1460. The number of carbonyl (C=O) groups excluding carboxylic acids is 1. The van der Waals surface area contributed by atoms with Gasteiger partial charge < -0.3 is 4.90 Å². The predicted octanol–water partition coefficient (Wildman–Crippen LogP) is 7.78. The molecule has 4 rings (SSSR count). The molecule has 1 atom stereocenters. The molecule has 192 valence electrons. The molecule has 0 fully saturated rings. The number of rotatable bonds is 9. The summed E-state index contributed by atoms with van der Waals surface area (Å²) in [5.74, 6) is 0.365. The van der Waals surface area contributed by atoms with E-state index in [0.29, 0.717) is 44.6 Å². The Morgan fingerprint density at radius 2 is 1.70 bits per heavy atom. The van der Waals surface area contributed by atoms with Crippen LogP contribution in [0.1, 0.15) is 67.3 Å². The number of fused-ring (bicyclic) bond motifs is 1. The van der Waals surface area contributed by atoms with Gasteiger partial charge in [0.1, 0.15) is 5.82 Å². The fraction of sp³-hybridized carbons (Fsp3) is 0.300. The average molecular weight is 537 g/mol. The van der Waals surface area contributed by atoms with Gasteiger partial charge in [-0.05, 0) is 74.4 Å². The van der Waals surface area contributed by atoms with Crippen molar-refractivity contribution in [3.05, 3.63) is 104 Å². The zero-order valence-corrected chi connectivity index (χ0v) is 22.9. The molecule has 1 amide bonds. The quantitative estimate of drug-likeness (QED) is 0.205. The van der Waals surface area contributed by atoms with Gasteiger partial charge in [-0.3, -0.25) is 14.2 Å². The van der Waals surface area contributed by atoms with Crippen LogP contribution in [0.2, 0.25) is 10.0 Å². The molecule has 7 heteroatoms. The van der Waals surface area contributed by atoms with E-state index in [1.54, 1.807) is 41.0 Å². The highest BCUT2D eigenvalue weighted by Gasteiger charge is 2.28. The van der Waals surface area contributed by atoms with E-state index in [9.17, 15) is 9.59 Å². The maximum Gasteiger partial charge on any atom is 0.266 e. The molecule has 0 bridgehead atoms. The Morgan fingerprint density at radius 3 is 2.43 bits per heavy atom. The zero-order valence-electron chi connectivity index (χ0n) is 21.4. The van der Waals surface area contributed by atoms with Crippen molar-refractivity contribution in [2.24, 2.45) is 0 Å². The highest BCUT2D eigenvalue weighted by molar-refractivity contribution is 6.31. The van der Waals surface area contributed by atoms with Crippen molar-refractivity contribution in [1.82, 2.24) is 14.5 Å². The molecule has 5 nitrogen and oxygen atoms in total. The van der Waals surface area contributed by atoms with Gasteiger partial charge in [-0.15, -0.1) is 0 Å². The molecule has 1 heterocycles. The average Bonchev–Trinajstić information content (AvgIpc) is 2.90. The minimum absolute atomic E-state index is 0.127. The molecule has 0 N–H and O–H groups in total. The number of para-hydroxylation sites is 1. The highest BCUT2D eigenvalue weighted by Crippen LogP contribution is 2.28. The molecule has 0 radical (unpaired) electrons. The summed E-state index contributed by atoms with van der Waals surface area (Å²) in [6.45, 7) is 6.51. The molecule has 0 spiro atoms. The number of hydrogen-bond donors (Lipinski definition) is 0. The lowest BCUT2D eigenvalue weighted by molar-refractivity contribution is 0.0677. The van der Waals surface area contributed by atoms with Crippen LogP contribution in [0.3, 0.4) is 0 Å². The van der Waals surface area contributed by atoms with Crippen LogP contribution in [0.4, 0.5) is 0 Å². The maximum absolute atomic E-state index is 13.9. The topological polar surface area (TPSA) is 55.2 Å². The molecule has 0 aliphatic rings. The van der Waals surface area contributed by atoms with Crippen LogP contribution in [0.25, 0.3) is 16.6 Å². The predicted molar refractivity (Wildman–Crippen MR) is 152 cm³/mol. The largest absolute Gasteiger partial charge is 0.329 e. The number of amides is 1. The molecule has 4 aromatic rings. The van der Waals surface area contributed by atoms with Crippen molar-refractivity contribution >= 4 is 40.0 Å². The van der Waals surface area contributed by atoms with Gasteiger partial charge in [0.25, 0.3) is 11.5 Å². The van der Waals surface area contributed by atoms with Gasteiger partial charge in [0.05, 0.1) is 22.6 Å². The maximum atomic E-state index is 13.9. The fourth-order valence-electron chi connectivity index (χ4n) is 4.58. The Kier molecular flexibility index (Phi) is 8.67. The summed E-state index contributed by atoms with van der Waals surface area (Å²) in [7, 11) is 0. The first-order valence-electron chi connectivity index (χ1n) is 12.7. The van der Waals surface area contributed by atoms with Crippen LogP contribution in [0.5, 0.6) is 0 Å². The number of halogens is 2. The molecule has 1 aromatic heterocycles. The van der Waals surface area contributed by atoms with Crippen LogP contribution in [-0.2, 0) is 0 Å². The lowest BCUT2D eigenvalue weighted by atomic mass is 10.1. The zero-order chi connectivity index (χ0) is 26.5. The summed E-state index contributed by atoms with van der Waals surface area (Å²) >= 11 is 12.5. The monoisotopic (exact) mass is 535 g/mol. The lowest BCUT2D eigenvalue weighted by Crippen LogP contribution is -2.38. The summed E-state index contributed by atoms with van der Waals surface area (Å²) in [4.78, 5) is 34.4. The number of nitrogens with zero attached hydrogens (tertiary/aromatic N) is 3. The van der Waals surface area contributed by atoms with E-state index in [1.807, 2.05) is 49.1 Å². The molecule has 0 saturated carbocycles. The van der Waals surface area contributed by atoms with Crippen molar-refractivity contribution in [2.75, 3.05) is 6.54 Å². The SMILES string of the molecule is CCCCCCN(C(=O)c1ccc(Cl)cc1)C(C)c1nc2ccccc2c(=O)n1-c1cccc(Cl)c1C. The first kappa shape index (κ1) is 26.9. The Morgan fingerprint density at radius 1 is 0.973 bits per heavy atom. The van der Waals surface area contributed by atoms with E-state index in [1.165, 1.54) is 0 Å². The molecule has 0 saturated heterocycles. The fourth-order valence-corrected chi connectivity index (χ4v) is 4.87. The van der Waals surface area contributed by atoms with Crippen LogP contribution in [0, 0.1) is 6.92 Å². The smallest absolute Gasteiger partial charge is 0.266 e. The van der Waals surface area contributed by atoms with Crippen molar-refractivity contribution in [1.29, 1.82) is 0 Å². The second kappa shape index (κ2) is 11.9. The van der Waals surface area contributed by atoms with Gasteiger partial charge in [-0.2, -0.15) is 0 Å². The van der Waals surface area contributed by atoms with Crippen LogP contribution >= 0.6 is 23.2 Å². The molecular weight excluding hydrogens is 505 g/mol. The van der Waals surface area contributed by atoms with Gasteiger partial charge >= 0.3 is 0 Å². The van der Waals surface area contributed by atoms with Crippen molar-refractivity contribution in [3.63, 3.8) is 0 Å². The second-order valence-electron chi connectivity index (χ2n) is 9.25. The van der Waals surface area contributed by atoms with E-state index in [0.717, 1.165) is 31.2 Å². The first-order valence-corrected chi connectivity index (χ1v) is 13.4. The summed E-state index contributed by atoms with van der Waals surface area (Å²) in [6.07, 6.45) is 4.06. The number of benzene rings is 3. The number of carbonyl (C=O) groups is 1. The van der Waals surface area contributed by atoms with Gasteiger partial charge in [0.15, 0.2) is 0 Å². The first-order chi connectivity index (χ1) is 17.8. The number of unbranched alkanes of at least 4 members (excludes halogenated alkanes) is 3. The van der Waals surface area contributed by atoms with Gasteiger partial charge in [-0.1, -0.05) is 67.6 Å². The molecule has 1 unspecified atom stereocenters.